The van der Waals surface area contributed by atoms with Gasteiger partial charge in [0.15, 0.2) is 5.82 Å². The number of hydrogen-bond donors (Lipinski definition) is 0. The van der Waals surface area contributed by atoms with Crippen LogP contribution in [0.1, 0.15) is 24.1 Å². The van der Waals surface area contributed by atoms with Gasteiger partial charge in [0.25, 0.3) is 0 Å². The summed E-state index contributed by atoms with van der Waals surface area (Å²) in [6.45, 7) is 2.27. The lowest BCUT2D eigenvalue weighted by atomic mass is 10.1. The molecule has 0 N–H and O–H groups in total. The Morgan fingerprint density at radius 2 is 2.24 bits per heavy atom. The third kappa shape index (κ3) is 2.42. The van der Waals surface area contributed by atoms with Crippen molar-refractivity contribution in [2.45, 2.75) is 25.3 Å². The normalized spacial score (nSPS) is 18.6. The summed E-state index contributed by atoms with van der Waals surface area (Å²) in [5.41, 5.74) is 2.13. The minimum absolute atomic E-state index is 0.288. The predicted molar refractivity (Wildman–Crippen MR) is 75.9 cm³/mol. The van der Waals surface area contributed by atoms with Crippen molar-refractivity contribution in [3.8, 4) is 0 Å². The van der Waals surface area contributed by atoms with Gasteiger partial charge in [0, 0.05) is 25.5 Å². The Morgan fingerprint density at radius 1 is 1.29 bits per heavy atom. The first kappa shape index (κ1) is 12.5. The standard InChI is InChI=1S/C15H16N4O2/c1-2-4-13-12(3-1)16-10-19(13)7-5-14-17-15(18-21-14)11-6-8-20-9-11/h1-4,10-11H,5-9H2. The van der Waals surface area contributed by atoms with E-state index in [0.29, 0.717) is 18.9 Å². The molecular formula is C15H16N4O2. The lowest BCUT2D eigenvalue weighted by Gasteiger charge is -2.01. The minimum atomic E-state index is 0.288. The number of benzene rings is 1. The number of para-hydroxylation sites is 2. The van der Waals surface area contributed by atoms with Crippen molar-refractivity contribution in [2.75, 3.05) is 13.2 Å². The molecule has 6 heteroatoms. The largest absolute Gasteiger partial charge is 0.381 e. The number of ether oxygens (including phenoxy) is 1. The SMILES string of the molecule is c1ccc2c(c1)ncn2CCc1nc(C2CCOC2)no1. The molecule has 2 aromatic heterocycles. The fourth-order valence-electron chi connectivity index (χ4n) is 2.68. The van der Waals surface area contributed by atoms with Gasteiger partial charge in [-0.05, 0) is 18.6 Å². The van der Waals surface area contributed by atoms with Crippen LogP contribution in [0.25, 0.3) is 11.0 Å². The molecule has 0 aliphatic carbocycles. The van der Waals surface area contributed by atoms with Crippen molar-refractivity contribution in [3.63, 3.8) is 0 Å². The molecule has 21 heavy (non-hydrogen) atoms. The zero-order valence-electron chi connectivity index (χ0n) is 11.6. The number of fused-ring (bicyclic) bond motifs is 1. The second kappa shape index (κ2) is 5.29. The van der Waals surface area contributed by atoms with Crippen molar-refractivity contribution in [1.82, 2.24) is 19.7 Å². The Kier molecular flexibility index (Phi) is 3.16. The maximum atomic E-state index is 5.35. The molecule has 4 rings (SSSR count). The Balaban J connectivity index is 1.47. The average Bonchev–Trinajstić information content (AvgIpc) is 3.25. The summed E-state index contributed by atoms with van der Waals surface area (Å²) in [5, 5.41) is 4.07. The van der Waals surface area contributed by atoms with Crippen LogP contribution in [0.3, 0.4) is 0 Å². The molecule has 1 fully saturated rings. The highest BCUT2D eigenvalue weighted by atomic mass is 16.5. The molecule has 1 aliphatic rings. The molecule has 3 heterocycles. The third-order valence-electron chi connectivity index (χ3n) is 3.87. The molecule has 1 aliphatic heterocycles. The molecule has 1 atom stereocenters. The van der Waals surface area contributed by atoms with Gasteiger partial charge in [0.05, 0.1) is 24.0 Å². The minimum Gasteiger partial charge on any atom is -0.381 e. The summed E-state index contributed by atoms with van der Waals surface area (Å²) >= 11 is 0. The summed E-state index contributed by atoms with van der Waals surface area (Å²) in [4.78, 5) is 8.86. The van der Waals surface area contributed by atoms with Crippen LogP contribution in [0.5, 0.6) is 0 Å². The van der Waals surface area contributed by atoms with Crippen LogP contribution in [-0.4, -0.2) is 32.9 Å². The molecule has 0 spiro atoms. The summed E-state index contributed by atoms with van der Waals surface area (Å²) in [5.74, 6) is 1.74. The first-order chi connectivity index (χ1) is 10.4. The fourth-order valence-corrected chi connectivity index (χ4v) is 2.68. The van der Waals surface area contributed by atoms with Crippen LogP contribution in [0.2, 0.25) is 0 Å². The highest BCUT2D eigenvalue weighted by Crippen LogP contribution is 2.22. The predicted octanol–water partition coefficient (Wildman–Crippen LogP) is 2.17. The first-order valence-corrected chi connectivity index (χ1v) is 7.20. The molecule has 108 valence electrons. The molecule has 1 aromatic carbocycles. The van der Waals surface area contributed by atoms with E-state index in [1.165, 1.54) is 0 Å². The second-order valence-electron chi connectivity index (χ2n) is 5.28. The van der Waals surface area contributed by atoms with Gasteiger partial charge in [-0.15, -0.1) is 0 Å². The van der Waals surface area contributed by atoms with Gasteiger partial charge >= 0.3 is 0 Å². The Hall–Kier alpha value is -2.21. The van der Waals surface area contributed by atoms with Crippen LogP contribution in [0.4, 0.5) is 0 Å². The summed E-state index contributed by atoms with van der Waals surface area (Å²) in [6, 6.07) is 8.09. The quantitative estimate of drug-likeness (QED) is 0.734. The van der Waals surface area contributed by atoms with Crippen LogP contribution in [-0.2, 0) is 17.7 Å². The molecule has 1 saturated heterocycles. The van der Waals surface area contributed by atoms with E-state index >= 15 is 0 Å². The van der Waals surface area contributed by atoms with Crippen molar-refractivity contribution in [3.05, 3.63) is 42.3 Å². The molecular weight excluding hydrogens is 268 g/mol. The molecule has 0 amide bonds. The second-order valence-corrected chi connectivity index (χ2v) is 5.28. The Labute approximate surface area is 121 Å². The van der Waals surface area contributed by atoms with E-state index in [0.717, 1.165) is 36.4 Å². The molecule has 1 unspecified atom stereocenters. The Bertz CT molecular complexity index is 743. The molecule has 6 nitrogen and oxygen atoms in total. The van der Waals surface area contributed by atoms with E-state index in [2.05, 4.69) is 25.8 Å². The van der Waals surface area contributed by atoms with Gasteiger partial charge in [0.1, 0.15) is 0 Å². The van der Waals surface area contributed by atoms with E-state index in [1.807, 2.05) is 24.5 Å². The summed E-state index contributed by atoms with van der Waals surface area (Å²) in [7, 11) is 0. The van der Waals surface area contributed by atoms with Crippen molar-refractivity contribution >= 4 is 11.0 Å². The van der Waals surface area contributed by atoms with E-state index in [-0.39, 0.29) is 5.92 Å². The average molecular weight is 284 g/mol. The van der Waals surface area contributed by atoms with E-state index < -0.39 is 0 Å². The Morgan fingerprint density at radius 3 is 3.14 bits per heavy atom. The van der Waals surface area contributed by atoms with Gasteiger partial charge in [-0.1, -0.05) is 17.3 Å². The first-order valence-electron chi connectivity index (χ1n) is 7.20. The number of nitrogens with zero attached hydrogens (tertiary/aromatic N) is 4. The number of rotatable bonds is 4. The van der Waals surface area contributed by atoms with E-state index in [1.54, 1.807) is 0 Å². The van der Waals surface area contributed by atoms with Crippen LogP contribution < -0.4 is 0 Å². The molecule has 0 saturated carbocycles. The van der Waals surface area contributed by atoms with Crippen LogP contribution in [0, 0.1) is 0 Å². The van der Waals surface area contributed by atoms with Crippen molar-refractivity contribution < 1.29 is 9.26 Å². The summed E-state index contributed by atoms with van der Waals surface area (Å²) < 4.78 is 12.8. The van der Waals surface area contributed by atoms with Crippen LogP contribution in [0.15, 0.2) is 35.1 Å². The lowest BCUT2D eigenvalue weighted by Crippen LogP contribution is -2.02. The molecule has 0 radical (unpaired) electrons. The van der Waals surface area contributed by atoms with Gasteiger partial charge < -0.3 is 13.8 Å². The summed E-state index contributed by atoms with van der Waals surface area (Å²) in [6.07, 6.45) is 3.54. The smallest absolute Gasteiger partial charge is 0.228 e. The van der Waals surface area contributed by atoms with E-state index in [9.17, 15) is 0 Å². The fraction of sp³-hybridized carbons (Fsp3) is 0.400. The van der Waals surface area contributed by atoms with Crippen molar-refractivity contribution in [2.24, 2.45) is 0 Å². The third-order valence-corrected chi connectivity index (χ3v) is 3.87. The van der Waals surface area contributed by atoms with Gasteiger partial charge in [-0.2, -0.15) is 4.98 Å². The van der Waals surface area contributed by atoms with Gasteiger partial charge in [0.2, 0.25) is 5.89 Å². The lowest BCUT2D eigenvalue weighted by molar-refractivity contribution is 0.192. The van der Waals surface area contributed by atoms with E-state index in [4.69, 9.17) is 9.26 Å². The highest BCUT2D eigenvalue weighted by Gasteiger charge is 2.22. The molecule has 0 bridgehead atoms. The number of aromatic nitrogens is 4. The number of imidazole rings is 1. The number of hydrogen-bond acceptors (Lipinski definition) is 5. The maximum absolute atomic E-state index is 5.35. The van der Waals surface area contributed by atoms with Crippen molar-refractivity contribution in [1.29, 1.82) is 0 Å². The zero-order valence-corrected chi connectivity index (χ0v) is 11.6. The monoisotopic (exact) mass is 284 g/mol. The maximum Gasteiger partial charge on any atom is 0.228 e. The van der Waals surface area contributed by atoms with Gasteiger partial charge in [-0.25, -0.2) is 4.98 Å². The highest BCUT2D eigenvalue weighted by molar-refractivity contribution is 5.74. The zero-order chi connectivity index (χ0) is 14.1. The topological polar surface area (TPSA) is 66.0 Å². The number of aryl methyl sites for hydroxylation is 2. The van der Waals surface area contributed by atoms with Gasteiger partial charge in [-0.3, -0.25) is 0 Å². The molecule has 3 aromatic rings. The van der Waals surface area contributed by atoms with Crippen LogP contribution >= 0.6 is 0 Å².